The first-order valence-electron chi connectivity index (χ1n) is 21.1. The molecule has 0 atom stereocenters. The predicted molar refractivity (Wildman–Crippen MR) is 257 cm³/mol. The van der Waals surface area contributed by atoms with Crippen LogP contribution in [0, 0.1) is 6.92 Å². The summed E-state index contributed by atoms with van der Waals surface area (Å²) in [5.41, 5.74) is 19.8. The highest BCUT2D eigenvalue weighted by molar-refractivity contribution is 6.19. The van der Waals surface area contributed by atoms with Gasteiger partial charge in [0.05, 0.1) is 11.3 Å². The Kier molecular flexibility index (Phi) is 9.53. The van der Waals surface area contributed by atoms with Crippen molar-refractivity contribution in [3.8, 4) is 33.4 Å². The van der Waals surface area contributed by atoms with E-state index >= 15 is 0 Å². The fourth-order valence-electron chi connectivity index (χ4n) is 9.18. The monoisotopic (exact) mass is 786 g/mol. The number of nitrogens with zero attached hydrogens (tertiary/aromatic N) is 2. The first-order valence-corrected chi connectivity index (χ1v) is 21.1. The number of aliphatic imine (C=N–C) groups is 2. The van der Waals surface area contributed by atoms with Gasteiger partial charge in [0.15, 0.2) is 5.84 Å². The van der Waals surface area contributed by atoms with Crippen molar-refractivity contribution < 1.29 is 4.42 Å². The molecule has 1 aromatic heterocycles. The Morgan fingerprint density at radius 2 is 1.13 bits per heavy atom. The third-order valence-electron chi connectivity index (χ3n) is 12.5. The Morgan fingerprint density at radius 1 is 0.525 bits per heavy atom. The summed E-state index contributed by atoms with van der Waals surface area (Å²) in [5, 5.41) is 2.09. The minimum absolute atomic E-state index is 0.0556. The van der Waals surface area contributed by atoms with Gasteiger partial charge in [-0.3, -0.25) is 0 Å². The minimum Gasteiger partial charge on any atom is -0.455 e. The van der Waals surface area contributed by atoms with Crippen molar-refractivity contribution in [2.75, 3.05) is 0 Å². The van der Waals surface area contributed by atoms with Gasteiger partial charge in [-0.25, -0.2) is 9.98 Å². The summed E-state index contributed by atoms with van der Waals surface area (Å²) in [4.78, 5) is 10.2. The van der Waals surface area contributed by atoms with Crippen molar-refractivity contribution in [1.29, 1.82) is 0 Å². The number of hydrogen-bond donors (Lipinski definition) is 0. The second-order valence-corrected chi connectivity index (χ2v) is 16.7. The van der Waals surface area contributed by atoms with E-state index in [-0.39, 0.29) is 5.41 Å². The molecule has 61 heavy (non-hydrogen) atoms. The quantitative estimate of drug-likeness (QED) is 0.112. The number of aryl methyl sites for hydroxylation is 1. The normalized spacial score (nSPS) is 13.4. The molecular weight excluding hydrogens is 741 g/mol. The molecule has 1 aliphatic carbocycles. The van der Waals surface area contributed by atoms with Crippen molar-refractivity contribution in [3.05, 3.63) is 233 Å². The van der Waals surface area contributed by atoms with Gasteiger partial charge in [-0.05, 0) is 104 Å². The van der Waals surface area contributed by atoms with Crippen LogP contribution in [0.25, 0.3) is 61.0 Å². The number of furan rings is 1. The maximum atomic E-state index is 6.99. The highest BCUT2D eigenvalue weighted by Crippen LogP contribution is 2.49. The number of rotatable bonds is 8. The molecule has 0 amide bonds. The molecule has 0 saturated carbocycles. The molecule has 1 heterocycles. The third kappa shape index (κ3) is 6.82. The number of benzene rings is 8. The Bertz CT molecular complexity index is 3220. The molecule has 9 aromatic rings. The molecule has 0 bridgehead atoms. The lowest BCUT2D eigenvalue weighted by molar-refractivity contribution is 0.660. The number of fused-ring (bicyclic) bond motifs is 6. The Morgan fingerprint density at radius 3 is 1.92 bits per heavy atom. The summed E-state index contributed by atoms with van der Waals surface area (Å²) < 4.78 is 6.99. The topological polar surface area (TPSA) is 37.9 Å². The second-order valence-electron chi connectivity index (χ2n) is 16.7. The molecule has 8 aromatic carbocycles. The summed E-state index contributed by atoms with van der Waals surface area (Å²) >= 11 is 0. The van der Waals surface area contributed by atoms with Crippen LogP contribution in [0.3, 0.4) is 0 Å². The van der Waals surface area contributed by atoms with E-state index in [9.17, 15) is 0 Å². The van der Waals surface area contributed by atoms with Crippen molar-refractivity contribution in [3.63, 3.8) is 0 Å². The summed E-state index contributed by atoms with van der Waals surface area (Å²) in [6, 6.07) is 64.6. The van der Waals surface area contributed by atoms with Crippen molar-refractivity contribution >= 4 is 39.2 Å². The number of hydrogen-bond acceptors (Lipinski definition) is 2. The molecule has 3 heteroatoms. The molecule has 0 unspecified atom stereocenters. The van der Waals surface area contributed by atoms with E-state index in [0.29, 0.717) is 18.0 Å². The lowest BCUT2D eigenvalue weighted by atomic mass is 9.81. The molecule has 10 rings (SSSR count). The van der Waals surface area contributed by atoms with Crippen LogP contribution in [-0.2, 0) is 11.8 Å². The smallest absolute Gasteiger partial charge is 0.163 e. The second kappa shape index (κ2) is 15.3. The summed E-state index contributed by atoms with van der Waals surface area (Å²) in [5.74, 6) is 0.554. The minimum atomic E-state index is -0.0556. The first-order chi connectivity index (χ1) is 29.7. The van der Waals surface area contributed by atoms with Gasteiger partial charge in [-0.15, -0.1) is 0 Å². The van der Waals surface area contributed by atoms with Gasteiger partial charge in [0.1, 0.15) is 11.2 Å². The molecule has 0 aliphatic heterocycles. The lowest BCUT2D eigenvalue weighted by Gasteiger charge is -2.22. The van der Waals surface area contributed by atoms with Gasteiger partial charge in [0.2, 0.25) is 0 Å². The van der Waals surface area contributed by atoms with Gasteiger partial charge in [0.25, 0.3) is 0 Å². The summed E-state index contributed by atoms with van der Waals surface area (Å²) in [7, 11) is 0. The van der Waals surface area contributed by atoms with Crippen LogP contribution < -0.4 is 0 Å². The molecule has 0 radical (unpaired) electrons. The summed E-state index contributed by atoms with van der Waals surface area (Å²) in [6.07, 6.45) is 0.703. The van der Waals surface area contributed by atoms with Gasteiger partial charge in [-0.1, -0.05) is 184 Å². The third-order valence-corrected chi connectivity index (χ3v) is 12.5. The van der Waals surface area contributed by atoms with Crippen molar-refractivity contribution in [2.24, 2.45) is 9.98 Å². The summed E-state index contributed by atoms with van der Waals surface area (Å²) in [6.45, 7) is 13.3. The van der Waals surface area contributed by atoms with E-state index < -0.39 is 0 Å². The van der Waals surface area contributed by atoms with Crippen LogP contribution in [0.5, 0.6) is 0 Å². The van der Waals surface area contributed by atoms with E-state index in [2.05, 4.69) is 161 Å². The molecule has 0 N–H and O–H groups in total. The number of para-hydroxylation sites is 2. The van der Waals surface area contributed by atoms with Crippen molar-refractivity contribution in [1.82, 2.24) is 0 Å². The highest BCUT2D eigenvalue weighted by Gasteiger charge is 2.35. The molecule has 0 spiro atoms. The van der Waals surface area contributed by atoms with E-state index in [0.717, 1.165) is 49.9 Å². The lowest BCUT2D eigenvalue weighted by Crippen LogP contribution is -2.14. The van der Waals surface area contributed by atoms with E-state index in [1.165, 1.54) is 55.6 Å². The molecule has 1 aliphatic rings. The van der Waals surface area contributed by atoms with Gasteiger partial charge < -0.3 is 4.42 Å². The van der Waals surface area contributed by atoms with Gasteiger partial charge >= 0.3 is 0 Å². The Balaban J connectivity index is 1.04. The van der Waals surface area contributed by atoms with Gasteiger partial charge in [0, 0.05) is 28.3 Å². The van der Waals surface area contributed by atoms with Crippen LogP contribution in [0.1, 0.15) is 65.3 Å². The predicted octanol–water partition coefficient (Wildman–Crippen LogP) is 15.1. The fraction of sp³-hybridized carbons (Fsp3) is 0.103. The largest absolute Gasteiger partial charge is 0.455 e. The Hall–Kier alpha value is -7.36. The maximum Gasteiger partial charge on any atom is 0.163 e. The van der Waals surface area contributed by atoms with Crippen LogP contribution >= 0.6 is 0 Å². The Labute approximate surface area is 358 Å². The zero-order chi connectivity index (χ0) is 41.7. The SMILES string of the molecule is C=C(N=C(N=C(C)c1ccccc1)c1cccc2c1oc1c(Cc3ccccc3-c3cc(-c4ccc5c(c4)C(C)(C)c4ccccc4-5)ccc3C)cccc12)c1ccccc1. The molecule has 3 nitrogen and oxygen atoms in total. The maximum absolute atomic E-state index is 6.99. The van der Waals surface area contributed by atoms with Crippen LogP contribution in [0.2, 0.25) is 0 Å². The first kappa shape index (κ1) is 37.9. The molecular formula is C58H46N2O. The molecule has 294 valence electrons. The van der Waals surface area contributed by atoms with E-state index in [1.807, 2.05) is 55.5 Å². The van der Waals surface area contributed by atoms with Gasteiger partial charge in [-0.2, -0.15) is 0 Å². The van der Waals surface area contributed by atoms with Crippen LogP contribution in [0.15, 0.2) is 203 Å². The zero-order valence-corrected chi connectivity index (χ0v) is 35.0. The fourth-order valence-corrected chi connectivity index (χ4v) is 9.18. The van der Waals surface area contributed by atoms with Crippen LogP contribution in [0.4, 0.5) is 0 Å². The standard InChI is InChI=1S/C58H46N2O/c1-37-30-31-42(43-32-33-48-47-25-14-15-29-53(47)58(4,5)54(48)36-43)35-52(37)46-24-13-12-22-44(46)34-45-23-16-26-49-50-27-17-28-51(56(50)61-55(45)49)57(59-38(2)40-18-8-6-9-19-40)60-39(3)41-20-10-7-11-21-41/h6-33,35-36H,2,34H2,1,3-5H3. The average Bonchev–Trinajstić information content (AvgIpc) is 3.79. The van der Waals surface area contributed by atoms with E-state index in [1.54, 1.807) is 0 Å². The zero-order valence-electron chi connectivity index (χ0n) is 35.0. The molecule has 0 saturated heterocycles. The average molecular weight is 787 g/mol. The van der Waals surface area contributed by atoms with E-state index in [4.69, 9.17) is 14.4 Å². The number of amidine groups is 1. The molecule has 0 fully saturated rings. The van der Waals surface area contributed by atoms with Crippen molar-refractivity contribution in [2.45, 2.75) is 39.5 Å². The van der Waals surface area contributed by atoms with Crippen LogP contribution in [-0.4, -0.2) is 11.5 Å². The highest BCUT2D eigenvalue weighted by atomic mass is 16.3.